The van der Waals surface area contributed by atoms with E-state index >= 15 is 0 Å². The lowest BCUT2D eigenvalue weighted by Crippen LogP contribution is -2.49. The van der Waals surface area contributed by atoms with Crippen LogP contribution in [-0.4, -0.2) is 68.7 Å². The minimum atomic E-state index is -0.145. The van der Waals surface area contributed by atoms with Crippen LogP contribution in [0.25, 0.3) is 4.96 Å². The third kappa shape index (κ3) is 3.67. The van der Waals surface area contributed by atoms with Crippen LogP contribution < -0.4 is 4.74 Å². The number of benzene rings is 1. The van der Waals surface area contributed by atoms with E-state index in [1.54, 1.807) is 14.0 Å². The molecule has 0 bridgehead atoms. The molecule has 1 aliphatic heterocycles. The summed E-state index contributed by atoms with van der Waals surface area (Å²) in [6, 6.07) is 7.75. The molecular formula is C20H25N5O3S. The number of fused-ring (bicyclic) bond motifs is 1. The highest BCUT2D eigenvalue weighted by Crippen LogP contribution is 2.40. The number of aromatic hydroxyl groups is 1. The van der Waals surface area contributed by atoms with Crippen LogP contribution in [0.1, 0.15) is 36.2 Å². The van der Waals surface area contributed by atoms with E-state index in [-0.39, 0.29) is 17.8 Å². The smallest absolute Gasteiger partial charge is 0.230 e. The number of aryl methyl sites for hydroxylation is 1. The standard InChI is InChI=1S/C20H25N5O3S/c1-4-16-21-20-25(22-16)19(27)18(29-20)17(14-5-7-15(28-3)8-6-14)24-11-9-23(10-12-24)13(2)26/h5-8,17,27H,4,9-12H2,1-3H3/t17-/m1/s1. The summed E-state index contributed by atoms with van der Waals surface area (Å²) < 4.78 is 6.83. The summed E-state index contributed by atoms with van der Waals surface area (Å²) in [5, 5.41) is 15.4. The maximum absolute atomic E-state index is 11.7. The van der Waals surface area contributed by atoms with E-state index < -0.39 is 0 Å². The van der Waals surface area contributed by atoms with E-state index in [1.165, 1.54) is 15.9 Å². The van der Waals surface area contributed by atoms with Crippen molar-refractivity contribution in [2.24, 2.45) is 0 Å². The van der Waals surface area contributed by atoms with Gasteiger partial charge in [-0.3, -0.25) is 9.69 Å². The van der Waals surface area contributed by atoms with Crippen LogP contribution in [0.2, 0.25) is 0 Å². The number of hydrogen-bond acceptors (Lipinski definition) is 7. The second kappa shape index (κ2) is 8.00. The molecule has 154 valence electrons. The van der Waals surface area contributed by atoms with E-state index in [2.05, 4.69) is 15.0 Å². The molecule has 0 aliphatic carbocycles. The molecule has 2 aromatic heterocycles. The second-order valence-electron chi connectivity index (χ2n) is 7.08. The highest BCUT2D eigenvalue weighted by molar-refractivity contribution is 7.17. The Labute approximate surface area is 173 Å². The monoisotopic (exact) mass is 415 g/mol. The molecule has 1 aromatic carbocycles. The van der Waals surface area contributed by atoms with Crippen molar-refractivity contribution in [2.45, 2.75) is 26.3 Å². The molecule has 29 heavy (non-hydrogen) atoms. The molecule has 1 saturated heterocycles. The van der Waals surface area contributed by atoms with Crippen molar-refractivity contribution < 1.29 is 14.6 Å². The van der Waals surface area contributed by atoms with E-state index in [4.69, 9.17) is 4.74 Å². The predicted octanol–water partition coefficient (Wildman–Crippen LogP) is 2.32. The number of carbonyl (C=O) groups is 1. The first-order chi connectivity index (χ1) is 14.0. The molecule has 1 fully saturated rings. The van der Waals surface area contributed by atoms with Gasteiger partial charge in [0.1, 0.15) is 5.75 Å². The zero-order valence-corrected chi connectivity index (χ0v) is 17.6. The van der Waals surface area contributed by atoms with Crippen LogP contribution in [-0.2, 0) is 11.2 Å². The van der Waals surface area contributed by atoms with Crippen LogP contribution in [0.5, 0.6) is 11.6 Å². The van der Waals surface area contributed by atoms with E-state index in [0.717, 1.165) is 35.7 Å². The SMILES string of the molecule is CCc1nc2sc([C@@H](c3ccc(OC)cc3)N3CCN(C(C)=O)CC3)c(O)n2n1. The van der Waals surface area contributed by atoms with Gasteiger partial charge in [-0.05, 0) is 17.7 Å². The molecule has 4 rings (SSSR count). The molecule has 1 atom stereocenters. The molecule has 9 heteroatoms. The van der Waals surface area contributed by atoms with Crippen molar-refractivity contribution in [1.29, 1.82) is 0 Å². The summed E-state index contributed by atoms with van der Waals surface area (Å²) >= 11 is 1.46. The van der Waals surface area contributed by atoms with Crippen molar-refractivity contribution in [3.63, 3.8) is 0 Å². The van der Waals surface area contributed by atoms with Gasteiger partial charge in [-0.2, -0.15) is 4.52 Å². The summed E-state index contributed by atoms with van der Waals surface area (Å²) in [5.74, 6) is 1.73. The summed E-state index contributed by atoms with van der Waals surface area (Å²) in [5.41, 5.74) is 1.05. The van der Waals surface area contributed by atoms with Gasteiger partial charge in [-0.1, -0.05) is 30.4 Å². The van der Waals surface area contributed by atoms with Gasteiger partial charge < -0.3 is 14.7 Å². The number of methoxy groups -OCH3 is 1. The number of nitrogens with zero attached hydrogens (tertiary/aromatic N) is 5. The lowest BCUT2D eigenvalue weighted by atomic mass is 10.0. The Balaban J connectivity index is 1.73. The maximum atomic E-state index is 11.7. The van der Waals surface area contributed by atoms with Gasteiger partial charge in [0, 0.05) is 39.5 Å². The molecule has 1 aliphatic rings. The Kier molecular flexibility index (Phi) is 5.42. The average molecular weight is 416 g/mol. The lowest BCUT2D eigenvalue weighted by Gasteiger charge is -2.38. The van der Waals surface area contributed by atoms with Gasteiger partial charge in [0.2, 0.25) is 16.7 Å². The Morgan fingerprint density at radius 3 is 2.48 bits per heavy atom. The first-order valence-electron chi connectivity index (χ1n) is 9.72. The summed E-state index contributed by atoms with van der Waals surface area (Å²) in [6.07, 6.45) is 0.720. The molecule has 0 unspecified atom stereocenters. The van der Waals surface area contributed by atoms with E-state index in [1.807, 2.05) is 36.1 Å². The number of piperazine rings is 1. The fourth-order valence-electron chi connectivity index (χ4n) is 3.73. The third-order valence-corrected chi connectivity index (χ3v) is 6.44. The zero-order chi connectivity index (χ0) is 20.5. The highest BCUT2D eigenvalue weighted by Gasteiger charge is 2.32. The number of thiazole rings is 1. The summed E-state index contributed by atoms with van der Waals surface area (Å²) in [4.78, 5) is 21.9. The Bertz CT molecular complexity index is 1010. The number of rotatable bonds is 5. The maximum Gasteiger partial charge on any atom is 0.230 e. The molecule has 8 nitrogen and oxygen atoms in total. The van der Waals surface area contributed by atoms with Crippen molar-refractivity contribution in [1.82, 2.24) is 24.4 Å². The van der Waals surface area contributed by atoms with Crippen LogP contribution in [0.15, 0.2) is 24.3 Å². The number of amides is 1. The van der Waals surface area contributed by atoms with Crippen molar-refractivity contribution in [3.05, 3.63) is 40.5 Å². The van der Waals surface area contributed by atoms with Crippen molar-refractivity contribution >= 4 is 22.2 Å². The summed E-state index contributed by atoms with van der Waals surface area (Å²) in [7, 11) is 1.64. The molecule has 1 amide bonds. The van der Waals surface area contributed by atoms with Gasteiger partial charge in [-0.15, -0.1) is 5.10 Å². The first kappa shape index (κ1) is 19.7. The van der Waals surface area contributed by atoms with Gasteiger partial charge in [-0.25, -0.2) is 4.98 Å². The fraction of sp³-hybridized carbons (Fsp3) is 0.450. The average Bonchev–Trinajstić information content (AvgIpc) is 3.28. The normalized spacial score (nSPS) is 16.3. The molecule has 1 N–H and O–H groups in total. The van der Waals surface area contributed by atoms with Gasteiger partial charge >= 0.3 is 0 Å². The largest absolute Gasteiger partial charge is 0.497 e. The number of aromatic nitrogens is 3. The van der Waals surface area contributed by atoms with E-state index in [0.29, 0.717) is 23.9 Å². The molecule has 0 spiro atoms. The summed E-state index contributed by atoms with van der Waals surface area (Å²) in [6.45, 7) is 6.39. The quantitative estimate of drug-likeness (QED) is 0.689. The van der Waals surface area contributed by atoms with Crippen LogP contribution in [0.3, 0.4) is 0 Å². The van der Waals surface area contributed by atoms with Gasteiger partial charge in [0.05, 0.1) is 18.0 Å². The van der Waals surface area contributed by atoms with E-state index in [9.17, 15) is 9.90 Å². The number of ether oxygens (including phenoxy) is 1. The van der Waals surface area contributed by atoms with Crippen LogP contribution in [0.4, 0.5) is 0 Å². The highest BCUT2D eigenvalue weighted by atomic mass is 32.1. The zero-order valence-electron chi connectivity index (χ0n) is 16.8. The van der Waals surface area contributed by atoms with Crippen LogP contribution >= 0.6 is 11.3 Å². The van der Waals surface area contributed by atoms with Crippen molar-refractivity contribution in [3.8, 4) is 11.6 Å². The Morgan fingerprint density at radius 2 is 1.93 bits per heavy atom. The fourth-order valence-corrected chi connectivity index (χ4v) is 4.86. The van der Waals surface area contributed by atoms with Crippen LogP contribution in [0, 0.1) is 0 Å². The van der Waals surface area contributed by atoms with Gasteiger partial charge in [0.25, 0.3) is 0 Å². The predicted molar refractivity (Wildman–Crippen MR) is 111 cm³/mol. The number of carbonyl (C=O) groups excluding carboxylic acids is 1. The molecule has 0 saturated carbocycles. The molecule has 0 radical (unpaired) electrons. The number of hydrogen-bond donors (Lipinski definition) is 1. The van der Waals surface area contributed by atoms with Gasteiger partial charge in [0.15, 0.2) is 5.82 Å². The Hall–Kier alpha value is -2.65. The minimum absolute atomic E-state index is 0.0967. The molecular weight excluding hydrogens is 390 g/mol. The molecule has 3 aromatic rings. The first-order valence-corrected chi connectivity index (χ1v) is 10.5. The molecule has 3 heterocycles. The lowest BCUT2D eigenvalue weighted by molar-refractivity contribution is -0.130. The minimum Gasteiger partial charge on any atom is -0.497 e. The second-order valence-corrected chi connectivity index (χ2v) is 8.09. The Morgan fingerprint density at radius 1 is 1.24 bits per heavy atom. The van der Waals surface area contributed by atoms with Crippen molar-refractivity contribution in [2.75, 3.05) is 33.3 Å². The topological polar surface area (TPSA) is 83.2 Å². The third-order valence-electron chi connectivity index (χ3n) is 5.36.